The summed E-state index contributed by atoms with van der Waals surface area (Å²) in [5, 5.41) is -0.810. The van der Waals surface area contributed by atoms with Crippen molar-refractivity contribution in [1.29, 1.82) is 0 Å². The minimum atomic E-state index is -0.536. The topological polar surface area (TPSA) is 85.8 Å². The van der Waals surface area contributed by atoms with Crippen LogP contribution in [0.15, 0.2) is 54.7 Å². The number of amides is 2. The summed E-state index contributed by atoms with van der Waals surface area (Å²) in [4.78, 5) is 41.8. The number of esters is 1. The Bertz CT molecular complexity index is 1000. The maximum Gasteiger partial charge on any atom is 0.333 e. The fourth-order valence-corrected chi connectivity index (χ4v) is 4.26. The molecule has 1 aromatic carbocycles. The number of hydrogen-bond donors (Lipinski definition) is 0. The van der Waals surface area contributed by atoms with Gasteiger partial charge in [-0.2, -0.15) is 0 Å². The molecular weight excluding hydrogens is 440 g/mol. The Balaban J connectivity index is 1.45. The SMILES string of the molecule is C=C(C)C(=O)OCCN1C(=O)SC(Cc2ccc(OCCc3ccc(CC)cn3)cc2)C1=O. The molecule has 0 aliphatic carbocycles. The number of pyridine rings is 1. The van der Waals surface area contributed by atoms with Crippen molar-refractivity contribution in [3.63, 3.8) is 0 Å². The number of nitrogens with zero attached hydrogens (tertiary/aromatic N) is 2. The number of rotatable bonds is 11. The summed E-state index contributed by atoms with van der Waals surface area (Å²) in [5.74, 6) is -0.0593. The van der Waals surface area contributed by atoms with Crippen molar-refractivity contribution in [3.8, 4) is 5.75 Å². The van der Waals surface area contributed by atoms with Gasteiger partial charge in [0.2, 0.25) is 5.91 Å². The molecule has 1 aliphatic rings. The molecule has 1 fully saturated rings. The zero-order valence-electron chi connectivity index (χ0n) is 18.9. The van der Waals surface area contributed by atoms with E-state index in [9.17, 15) is 14.4 Å². The second-order valence-electron chi connectivity index (χ2n) is 7.74. The quantitative estimate of drug-likeness (QED) is 0.364. The summed E-state index contributed by atoms with van der Waals surface area (Å²) in [5.41, 5.74) is 3.42. The lowest BCUT2D eigenvalue weighted by Gasteiger charge is -2.14. The van der Waals surface area contributed by atoms with Gasteiger partial charge in [0, 0.05) is 23.9 Å². The molecule has 3 rings (SSSR count). The molecule has 1 saturated heterocycles. The Morgan fingerprint density at radius 3 is 2.48 bits per heavy atom. The molecular formula is C25H28N2O5S. The number of benzene rings is 1. The molecule has 1 atom stereocenters. The molecule has 2 heterocycles. The molecule has 7 nitrogen and oxygen atoms in total. The lowest BCUT2D eigenvalue weighted by atomic mass is 10.1. The molecule has 174 valence electrons. The summed E-state index contributed by atoms with van der Waals surface area (Å²) in [6.45, 7) is 7.67. The fourth-order valence-electron chi connectivity index (χ4n) is 3.20. The third-order valence-corrected chi connectivity index (χ3v) is 6.24. The van der Waals surface area contributed by atoms with Crippen molar-refractivity contribution in [1.82, 2.24) is 9.88 Å². The van der Waals surface area contributed by atoms with E-state index >= 15 is 0 Å². The molecule has 8 heteroatoms. The smallest absolute Gasteiger partial charge is 0.333 e. The van der Waals surface area contributed by atoms with Gasteiger partial charge in [-0.05, 0) is 49.1 Å². The van der Waals surface area contributed by atoms with Crippen LogP contribution < -0.4 is 4.74 Å². The molecule has 0 spiro atoms. The van der Waals surface area contributed by atoms with Gasteiger partial charge < -0.3 is 9.47 Å². The van der Waals surface area contributed by atoms with Gasteiger partial charge in [0.25, 0.3) is 5.24 Å². The molecule has 2 aromatic rings. The number of thioether (sulfide) groups is 1. The predicted molar refractivity (Wildman–Crippen MR) is 127 cm³/mol. The molecule has 0 bridgehead atoms. The minimum Gasteiger partial charge on any atom is -0.493 e. The number of aryl methyl sites for hydroxylation is 1. The number of carbonyl (C=O) groups excluding carboxylic acids is 3. The van der Waals surface area contributed by atoms with E-state index in [1.165, 1.54) is 5.56 Å². The maximum absolute atomic E-state index is 12.6. The van der Waals surface area contributed by atoms with Gasteiger partial charge in [0.05, 0.1) is 18.4 Å². The van der Waals surface area contributed by atoms with Crippen LogP contribution >= 0.6 is 11.8 Å². The average Bonchev–Trinajstić information content (AvgIpc) is 3.07. The molecule has 0 N–H and O–H groups in total. The van der Waals surface area contributed by atoms with Crippen molar-refractivity contribution >= 4 is 28.9 Å². The molecule has 1 unspecified atom stereocenters. The first-order chi connectivity index (χ1) is 15.9. The summed E-state index contributed by atoms with van der Waals surface area (Å²) in [6, 6.07) is 11.6. The van der Waals surface area contributed by atoms with Crippen LogP contribution in [-0.4, -0.2) is 52.0 Å². The normalized spacial score (nSPS) is 15.6. The first-order valence-electron chi connectivity index (χ1n) is 10.9. The molecule has 1 aromatic heterocycles. The summed E-state index contributed by atoms with van der Waals surface area (Å²) >= 11 is 1.00. The lowest BCUT2D eigenvalue weighted by molar-refractivity contribution is -0.140. The third-order valence-electron chi connectivity index (χ3n) is 5.17. The van der Waals surface area contributed by atoms with Crippen molar-refractivity contribution in [2.45, 2.75) is 38.4 Å². The molecule has 1 aliphatic heterocycles. The van der Waals surface area contributed by atoms with Crippen LogP contribution in [0.2, 0.25) is 0 Å². The van der Waals surface area contributed by atoms with Crippen molar-refractivity contribution in [2.24, 2.45) is 0 Å². The van der Waals surface area contributed by atoms with Crippen molar-refractivity contribution in [3.05, 3.63) is 71.6 Å². The van der Waals surface area contributed by atoms with E-state index in [2.05, 4.69) is 24.6 Å². The number of carbonyl (C=O) groups is 3. The highest BCUT2D eigenvalue weighted by Crippen LogP contribution is 2.29. The lowest BCUT2D eigenvalue weighted by Crippen LogP contribution is -2.35. The summed E-state index contributed by atoms with van der Waals surface area (Å²) in [7, 11) is 0. The third kappa shape index (κ3) is 6.92. The average molecular weight is 469 g/mol. The molecule has 0 saturated carbocycles. The Labute approximate surface area is 198 Å². The Kier molecular flexibility index (Phi) is 8.65. The highest BCUT2D eigenvalue weighted by molar-refractivity contribution is 8.15. The first kappa shape index (κ1) is 24.5. The van der Waals surface area contributed by atoms with Gasteiger partial charge in [-0.3, -0.25) is 19.5 Å². The largest absolute Gasteiger partial charge is 0.493 e. The second-order valence-corrected chi connectivity index (χ2v) is 8.89. The van der Waals surface area contributed by atoms with E-state index in [-0.39, 0.29) is 29.9 Å². The van der Waals surface area contributed by atoms with Gasteiger partial charge in [-0.15, -0.1) is 0 Å². The summed E-state index contributed by atoms with van der Waals surface area (Å²) in [6.07, 6.45) is 4.02. The van der Waals surface area contributed by atoms with Crippen molar-refractivity contribution < 1.29 is 23.9 Å². The van der Waals surface area contributed by atoms with E-state index in [0.29, 0.717) is 13.0 Å². The van der Waals surface area contributed by atoms with Gasteiger partial charge in [0.15, 0.2) is 0 Å². The Hall–Kier alpha value is -3.13. The second kappa shape index (κ2) is 11.7. The van der Waals surface area contributed by atoms with E-state index in [4.69, 9.17) is 9.47 Å². The Morgan fingerprint density at radius 1 is 1.12 bits per heavy atom. The van der Waals surface area contributed by atoms with Gasteiger partial charge in [0.1, 0.15) is 12.4 Å². The monoisotopic (exact) mass is 468 g/mol. The number of ether oxygens (including phenoxy) is 2. The van der Waals surface area contributed by atoms with Crippen LogP contribution in [0.25, 0.3) is 0 Å². The van der Waals surface area contributed by atoms with Crippen LogP contribution in [0.1, 0.15) is 30.7 Å². The van der Waals surface area contributed by atoms with E-state index in [1.807, 2.05) is 36.5 Å². The Morgan fingerprint density at radius 2 is 1.85 bits per heavy atom. The zero-order valence-corrected chi connectivity index (χ0v) is 19.7. The number of imide groups is 1. The fraction of sp³-hybridized carbons (Fsp3) is 0.360. The zero-order chi connectivity index (χ0) is 23.8. The van der Waals surface area contributed by atoms with Gasteiger partial charge in [-0.1, -0.05) is 43.5 Å². The maximum atomic E-state index is 12.6. The highest BCUT2D eigenvalue weighted by atomic mass is 32.2. The molecule has 2 amide bonds. The van der Waals surface area contributed by atoms with Gasteiger partial charge >= 0.3 is 5.97 Å². The first-order valence-corrected chi connectivity index (χ1v) is 11.8. The van der Waals surface area contributed by atoms with Crippen molar-refractivity contribution in [2.75, 3.05) is 19.8 Å². The van der Waals surface area contributed by atoms with Crippen LogP contribution in [0.3, 0.4) is 0 Å². The number of hydrogen-bond acceptors (Lipinski definition) is 7. The van der Waals surface area contributed by atoms with Crippen LogP contribution in [0.5, 0.6) is 5.75 Å². The standard InChI is InChI=1S/C25H28N2O5S/c1-4-18-5-8-20(26-16-18)11-13-31-21-9-6-19(7-10-21)15-22-23(28)27(25(30)33-22)12-14-32-24(29)17(2)3/h5-10,16,22H,2,4,11-15H2,1,3H3. The predicted octanol–water partition coefficient (Wildman–Crippen LogP) is 3.99. The van der Waals surface area contributed by atoms with Crippen LogP contribution in [0.4, 0.5) is 4.79 Å². The van der Waals surface area contributed by atoms with E-state index in [0.717, 1.165) is 46.5 Å². The molecule has 33 heavy (non-hydrogen) atoms. The van der Waals surface area contributed by atoms with E-state index in [1.54, 1.807) is 6.92 Å². The van der Waals surface area contributed by atoms with Crippen LogP contribution in [-0.2, 0) is 33.6 Å². The van der Waals surface area contributed by atoms with Crippen LogP contribution in [0, 0.1) is 0 Å². The summed E-state index contributed by atoms with van der Waals surface area (Å²) < 4.78 is 10.8. The highest BCUT2D eigenvalue weighted by Gasteiger charge is 2.39. The number of aromatic nitrogens is 1. The minimum absolute atomic E-state index is 0.0409. The molecule has 0 radical (unpaired) electrons. The van der Waals surface area contributed by atoms with Gasteiger partial charge in [-0.25, -0.2) is 4.79 Å². The van der Waals surface area contributed by atoms with E-state index < -0.39 is 11.2 Å².